The van der Waals surface area contributed by atoms with Gasteiger partial charge in [0.2, 0.25) is 0 Å². The largest absolute Gasteiger partial charge is 0.495 e. The van der Waals surface area contributed by atoms with Crippen LogP contribution in [0.5, 0.6) is 0 Å². The molecule has 4 rings (SSSR count). The Kier molecular flexibility index (Phi) is 3.38. The van der Waals surface area contributed by atoms with Gasteiger partial charge in [0.1, 0.15) is 11.3 Å². The van der Waals surface area contributed by atoms with Gasteiger partial charge in [-0.25, -0.2) is 0 Å². The summed E-state index contributed by atoms with van der Waals surface area (Å²) in [6.07, 6.45) is 0. The number of hydrogen-bond donors (Lipinski definition) is 0. The van der Waals surface area contributed by atoms with E-state index in [1.54, 1.807) is 0 Å². The predicted octanol–water partition coefficient (Wildman–Crippen LogP) is 4.40. The van der Waals surface area contributed by atoms with E-state index in [0.717, 1.165) is 27.8 Å². The first kappa shape index (κ1) is 15.5. The minimum absolute atomic E-state index is 0.355. The second-order valence-electron chi connectivity index (χ2n) is 7.32. The van der Waals surface area contributed by atoms with E-state index in [9.17, 15) is 0 Å². The van der Waals surface area contributed by atoms with Crippen LogP contribution in [0.25, 0.3) is 22.3 Å². The van der Waals surface area contributed by atoms with Crippen molar-refractivity contribution >= 4 is 23.6 Å². The Morgan fingerprint density at radius 1 is 0.792 bits per heavy atom. The lowest BCUT2D eigenvalue weighted by Gasteiger charge is -2.32. The smallest absolute Gasteiger partial charge is 0.456 e. The van der Waals surface area contributed by atoms with E-state index in [1.165, 1.54) is 0 Å². The molecule has 2 heterocycles. The first-order chi connectivity index (χ1) is 11.4. The molecular weight excluding hydrogens is 299 g/mol. The lowest BCUT2D eigenvalue weighted by Crippen LogP contribution is -2.41. The van der Waals surface area contributed by atoms with Crippen LogP contribution in [0.1, 0.15) is 27.7 Å². The average Bonchev–Trinajstić information content (AvgIpc) is 3.06. The highest BCUT2D eigenvalue weighted by molar-refractivity contribution is 6.65. The van der Waals surface area contributed by atoms with E-state index in [2.05, 4.69) is 39.8 Å². The highest BCUT2D eigenvalue weighted by Gasteiger charge is 2.52. The molecule has 3 aromatic rings. The van der Waals surface area contributed by atoms with Gasteiger partial charge in [-0.1, -0.05) is 42.5 Å². The van der Waals surface area contributed by atoms with Crippen LogP contribution < -0.4 is 5.46 Å². The molecule has 1 fully saturated rings. The summed E-state index contributed by atoms with van der Waals surface area (Å²) in [6, 6.07) is 18.2. The van der Waals surface area contributed by atoms with Crippen LogP contribution in [-0.4, -0.2) is 18.3 Å². The van der Waals surface area contributed by atoms with Gasteiger partial charge in [0.25, 0.3) is 0 Å². The summed E-state index contributed by atoms with van der Waals surface area (Å²) in [5.41, 5.74) is 2.21. The van der Waals surface area contributed by atoms with Crippen LogP contribution in [0.3, 0.4) is 0 Å². The first-order valence-electron chi connectivity index (χ1n) is 8.31. The maximum absolute atomic E-state index is 6.21. The van der Waals surface area contributed by atoms with Gasteiger partial charge in [-0.05, 0) is 45.3 Å². The molecule has 0 spiro atoms. The van der Waals surface area contributed by atoms with Crippen molar-refractivity contribution in [3.05, 3.63) is 54.6 Å². The molecule has 1 aromatic heterocycles. The fourth-order valence-corrected chi connectivity index (χ4v) is 3.00. The van der Waals surface area contributed by atoms with Crippen LogP contribution in [0.15, 0.2) is 59.0 Å². The van der Waals surface area contributed by atoms with Gasteiger partial charge in [0.15, 0.2) is 0 Å². The van der Waals surface area contributed by atoms with Crippen molar-refractivity contribution in [1.82, 2.24) is 0 Å². The molecule has 0 bridgehead atoms. The van der Waals surface area contributed by atoms with Gasteiger partial charge < -0.3 is 13.7 Å². The Morgan fingerprint density at radius 2 is 1.46 bits per heavy atom. The molecule has 0 aliphatic carbocycles. The molecule has 24 heavy (non-hydrogen) atoms. The molecule has 0 radical (unpaired) electrons. The standard InChI is InChI=1S/C20H21BO3/c1-19(2)20(3,4)24-21(23-19)16-11-8-12-17-15(16)13-18(22-17)14-9-6-5-7-10-14/h5-13H,1-4H3. The zero-order valence-corrected chi connectivity index (χ0v) is 14.5. The van der Waals surface area contributed by atoms with Crippen LogP contribution >= 0.6 is 0 Å². The summed E-state index contributed by atoms with van der Waals surface area (Å²) >= 11 is 0. The van der Waals surface area contributed by atoms with Crippen molar-refractivity contribution < 1.29 is 13.7 Å². The van der Waals surface area contributed by atoms with Crippen molar-refractivity contribution in [3.8, 4) is 11.3 Å². The second kappa shape index (κ2) is 5.23. The summed E-state index contributed by atoms with van der Waals surface area (Å²) in [7, 11) is -0.389. The van der Waals surface area contributed by atoms with Gasteiger partial charge in [-0.3, -0.25) is 0 Å². The third-order valence-corrected chi connectivity index (χ3v) is 5.16. The van der Waals surface area contributed by atoms with Crippen molar-refractivity contribution in [2.75, 3.05) is 0 Å². The molecule has 2 aromatic carbocycles. The topological polar surface area (TPSA) is 31.6 Å². The Labute approximate surface area is 142 Å². The Balaban J connectivity index is 1.79. The number of fused-ring (bicyclic) bond motifs is 1. The summed E-state index contributed by atoms with van der Waals surface area (Å²) in [4.78, 5) is 0. The van der Waals surface area contributed by atoms with Gasteiger partial charge in [-0.2, -0.15) is 0 Å². The van der Waals surface area contributed by atoms with Gasteiger partial charge in [0.05, 0.1) is 11.2 Å². The van der Waals surface area contributed by atoms with Crippen LogP contribution in [-0.2, 0) is 9.31 Å². The summed E-state index contributed by atoms with van der Waals surface area (Å²) in [6.45, 7) is 8.27. The molecular formula is C20H21BO3. The molecule has 1 aliphatic heterocycles. The fourth-order valence-electron chi connectivity index (χ4n) is 3.00. The monoisotopic (exact) mass is 320 g/mol. The number of furan rings is 1. The fraction of sp³-hybridized carbons (Fsp3) is 0.300. The SMILES string of the molecule is CC1(C)OB(c2cccc3oc(-c4ccccc4)cc23)OC1(C)C. The van der Waals surface area contributed by atoms with E-state index in [-0.39, 0.29) is 18.3 Å². The molecule has 0 saturated carbocycles. The normalized spacial score (nSPS) is 19.1. The zero-order chi connectivity index (χ0) is 16.9. The molecule has 1 aliphatic rings. The van der Waals surface area contributed by atoms with Crippen molar-refractivity contribution in [3.63, 3.8) is 0 Å². The zero-order valence-electron chi connectivity index (χ0n) is 14.5. The molecule has 0 N–H and O–H groups in total. The number of hydrogen-bond acceptors (Lipinski definition) is 3. The maximum atomic E-state index is 6.21. The Bertz CT molecular complexity index is 864. The number of rotatable bonds is 2. The molecule has 3 nitrogen and oxygen atoms in total. The number of benzene rings is 2. The molecule has 4 heteroatoms. The van der Waals surface area contributed by atoms with Crippen molar-refractivity contribution in [1.29, 1.82) is 0 Å². The second-order valence-corrected chi connectivity index (χ2v) is 7.32. The minimum Gasteiger partial charge on any atom is -0.456 e. The highest BCUT2D eigenvalue weighted by atomic mass is 16.7. The van der Waals surface area contributed by atoms with Crippen LogP contribution in [0, 0.1) is 0 Å². The summed E-state index contributed by atoms with van der Waals surface area (Å²) < 4.78 is 18.5. The molecule has 0 amide bonds. The Morgan fingerprint density at radius 3 is 2.12 bits per heavy atom. The van der Waals surface area contributed by atoms with E-state index in [0.29, 0.717) is 0 Å². The van der Waals surface area contributed by atoms with Crippen LogP contribution in [0.2, 0.25) is 0 Å². The highest BCUT2D eigenvalue weighted by Crippen LogP contribution is 2.37. The lowest BCUT2D eigenvalue weighted by atomic mass is 9.77. The average molecular weight is 320 g/mol. The lowest BCUT2D eigenvalue weighted by molar-refractivity contribution is 0.00578. The van der Waals surface area contributed by atoms with Gasteiger partial charge in [-0.15, -0.1) is 0 Å². The van der Waals surface area contributed by atoms with Crippen molar-refractivity contribution in [2.24, 2.45) is 0 Å². The minimum atomic E-state index is -0.389. The van der Waals surface area contributed by atoms with Gasteiger partial charge in [0, 0.05) is 10.9 Å². The van der Waals surface area contributed by atoms with E-state index in [4.69, 9.17) is 13.7 Å². The van der Waals surface area contributed by atoms with E-state index in [1.807, 2.05) is 42.5 Å². The first-order valence-corrected chi connectivity index (χ1v) is 8.31. The molecule has 122 valence electrons. The molecule has 0 atom stereocenters. The van der Waals surface area contributed by atoms with Crippen LogP contribution in [0.4, 0.5) is 0 Å². The third kappa shape index (κ3) is 2.38. The third-order valence-electron chi connectivity index (χ3n) is 5.16. The van der Waals surface area contributed by atoms with Crippen molar-refractivity contribution in [2.45, 2.75) is 38.9 Å². The summed E-state index contributed by atoms with van der Waals surface area (Å²) in [5, 5.41) is 1.04. The predicted molar refractivity (Wildman–Crippen MR) is 97.4 cm³/mol. The molecule has 1 saturated heterocycles. The maximum Gasteiger partial charge on any atom is 0.495 e. The summed E-state index contributed by atoms with van der Waals surface area (Å²) in [5.74, 6) is 0.856. The Hall–Kier alpha value is -2.04. The van der Waals surface area contributed by atoms with E-state index >= 15 is 0 Å². The quantitative estimate of drug-likeness (QED) is 0.656. The van der Waals surface area contributed by atoms with E-state index < -0.39 is 0 Å². The van der Waals surface area contributed by atoms with Gasteiger partial charge >= 0.3 is 7.12 Å². The molecule has 0 unspecified atom stereocenters.